The number of aliphatic imine (C=N–C) groups is 1. The summed E-state index contributed by atoms with van der Waals surface area (Å²) in [4.78, 5) is 4.50. The molecule has 1 atom stereocenters. The number of nitrogens with one attached hydrogen (secondary N) is 1. The lowest BCUT2D eigenvalue weighted by Crippen LogP contribution is -2.38. The molecule has 0 aromatic heterocycles. The molecule has 0 saturated heterocycles. The van der Waals surface area contributed by atoms with Crippen molar-refractivity contribution < 1.29 is 9.84 Å². The maximum atomic E-state index is 8.91. The molecule has 1 aliphatic heterocycles. The van der Waals surface area contributed by atoms with Crippen LogP contribution in [-0.2, 0) is 4.74 Å². The minimum absolute atomic E-state index is 0.189. The van der Waals surface area contributed by atoms with Crippen LogP contribution in [0.2, 0.25) is 0 Å². The minimum Gasteiger partial charge on any atom is -0.396 e. The van der Waals surface area contributed by atoms with E-state index < -0.39 is 0 Å². The van der Waals surface area contributed by atoms with Crippen molar-refractivity contribution in [2.45, 2.75) is 38.1 Å². The molecule has 88 valence electrons. The van der Waals surface area contributed by atoms with E-state index in [2.05, 4.69) is 10.3 Å². The first-order valence-electron chi connectivity index (χ1n) is 5.76. The highest BCUT2D eigenvalue weighted by molar-refractivity contribution is 5.82. The molecule has 1 heterocycles. The summed E-state index contributed by atoms with van der Waals surface area (Å²) in [5.41, 5.74) is 0. The molecule has 1 unspecified atom stereocenters. The van der Waals surface area contributed by atoms with Gasteiger partial charge in [-0.05, 0) is 19.3 Å². The Morgan fingerprint density at radius 1 is 1.47 bits per heavy atom. The van der Waals surface area contributed by atoms with E-state index in [0.717, 1.165) is 18.8 Å². The zero-order chi connectivity index (χ0) is 10.9. The smallest absolute Gasteiger partial charge is 0.0965 e. The number of hydrogen-bond donors (Lipinski definition) is 2. The molecule has 0 bridgehead atoms. The molecule has 1 aliphatic rings. The number of aliphatic hydroxyl groups is 1. The zero-order valence-electron chi connectivity index (χ0n) is 9.54. The topological polar surface area (TPSA) is 53.9 Å². The largest absolute Gasteiger partial charge is 0.396 e. The van der Waals surface area contributed by atoms with Crippen molar-refractivity contribution >= 4 is 5.84 Å². The Bertz CT molecular complexity index is 189. The van der Waals surface area contributed by atoms with Crippen molar-refractivity contribution in [2.24, 2.45) is 4.99 Å². The van der Waals surface area contributed by atoms with Crippen LogP contribution in [0.1, 0.15) is 32.1 Å². The maximum absolute atomic E-state index is 8.91. The Morgan fingerprint density at radius 3 is 3.07 bits per heavy atom. The molecule has 0 aliphatic carbocycles. The van der Waals surface area contributed by atoms with E-state index in [9.17, 15) is 0 Å². The van der Waals surface area contributed by atoms with Gasteiger partial charge in [-0.2, -0.15) is 0 Å². The van der Waals surface area contributed by atoms with Gasteiger partial charge in [-0.25, -0.2) is 0 Å². The highest BCUT2D eigenvalue weighted by atomic mass is 16.5. The molecule has 15 heavy (non-hydrogen) atoms. The Kier molecular flexibility index (Phi) is 6.36. The van der Waals surface area contributed by atoms with Crippen LogP contribution in [0.4, 0.5) is 0 Å². The summed E-state index contributed by atoms with van der Waals surface area (Å²) >= 11 is 0. The first-order valence-corrected chi connectivity index (χ1v) is 5.76. The van der Waals surface area contributed by atoms with Crippen LogP contribution < -0.4 is 5.32 Å². The van der Waals surface area contributed by atoms with Gasteiger partial charge in [-0.15, -0.1) is 0 Å². The van der Waals surface area contributed by atoms with E-state index in [1.807, 2.05) is 0 Å². The van der Waals surface area contributed by atoms with Gasteiger partial charge in [0.15, 0.2) is 0 Å². The average molecular weight is 214 g/mol. The summed E-state index contributed by atoms with van der Waals surface area (Å²) in [5.74, 6) is 1.09. The predicted molar refractivity (Wildman–Crippen MR) is 61.3 cm³/mol. The van der Waals surface area contributed by atoms with E-state index in [-0.39, 0.29) is 12.6 Å². The van der Waals surface area contributed by atoms with Crippen LogP contribution in [0.25, 0.3) is 0 Å². The van der Waals surface area contributed by atoms with Crippen LogP contribution in [-0.4, -0.2) is 43.9 Å². The van der Waals surface area contributed by atoms with Crippen LogP contribution in [0.3, 0.4) is 0 Å². The van der Waals surface area contributed by atoms with Crippen LogP contribution in [0, 0.1) is 0 Å². The molecule has 4 nitrogen and oxygen atoms in total. The Hall–Kier alpha value is -0.610. The number of aliphatic hydroxyl groups excluding tert-OH is 1. The maximum Gasteiger partial charge on any atom is 0.0965 e. The lowest BCUT2D eigenvalue weighted by Gasteiger charge is -2.19. The molecular weight excluding hydrogens is 192 g/mol. The summed E-state index contributed by atoms with van der Waals surface area (Å²) in [5, 5.41) is 12.3. The highest BCUT2D eigenvalue weighted by Gasteiger charge is 2.11. The summed E-state index contributed by atoms with van der Waals surface area (Å²) < 4.78 is 5.10. The molecule has 0 amide bonds. The van der Waals surface area contributed by atoms with E-state index in [1.165, 1.54) is 19.3 Å². The molecule has 2 N–H and O–H groups in total. The standard InChI is InChI=1S/C11H22N2O2/c1-15-9-10(6-8-14)13-11-5-3-2-4-7-12-11/h10,14H,2-9H2,1H3,(H,12,13). The quantitative estimate of drug-likeness (QED) is 0.716. The third-order valence-electron chi connectivity index (χ3n) is 2.59. The first-order chi connectivity index (χ1) is 7.36. The third kappa shape index (κ3) is 5.14. The monoisotopic (exact) mass is 214 g/mol. The van der Waals surface area contributed by atoms with Gasteiger partial charge in [0, 0.05) is 26.7 Å². The van der Waals surface area contributed by atoms with Gasteiger partial charge in [-0.3, -0.25) is 4.99 Å². The number of amidine groups is 1. The Labute approximate surface area is 91.7 Å². The van der Waals surface area contributed by atoms with Crippen molar-refractivity contribution in [1.82, 2.24) is 5.32 Å². The molecule has 0 spiro atoms. The lowest BCUT2D eigenvalue weighted by atomic mass is 10.2. The van der Waals surface area contributed by atoms with Gasteiger partial charge in [-0.1, -0.05) is 6.42 Å². The SMILES string of the molecule is COCC(CCO)NC1=NCCCCC1. The number of ether oxygens (including phenoxy) is 1. The van der Waals surface area contributed by atoms with Crippen molar-refractivity contribution in [2.75, 3.05) is 26.9 Å². The minimum atomic E-state index is 0.189. The van der Waals surface area contributed by atoms with Crippen LogP contribution >= 0.6 is 0 Å². The molecule has 0 radical (unpaired) electrons. The van der Waals surface area contributed by atoms with Crippen LogP contribution in [0.15, 0.2) is 4.99 Å². The van der Waals surface area contributed by atoms with E-state index >= 15 is 0 Å². The molecule has 0 saturated carbocycles. The Morgan fingerprint density at radius 2 is 2.33 bits per heavy atom. The summed E-state index contributed by atoms with van der Waals surface area (Å²) in [6.45, 7) is 1.75. The van der Waals surface area contributed by atoms with Gasteiger partial charge >= 0.3 is 0 Å². The number of methoxy groups -OCH3 is 1. The molecule has 1 rings (SSSR count). The van der Waals surface area contributed by atoms with Crippen LogP contribution in [0.5, 0.6) is 0 Å². The fraction of sp³-hybridized carbons (Fsp3) is 0.909. The molecule has 0 aromatic rings. The average Bonchev–Trinajstić information content (AvgIpc) is 2.47. The molecule has 0 aromatic carbocycles. The second-order valence-corrected chi connectivity index (χ2v) is 3.95. The third-order valence-corrected chi connectivity index (χ3v) is 2.59. The summed E-state index contributed by atoms with van der Waals surface area (Å²) in [6.07, 6.45) is 5.42. The summed E-state index contributed by atoms with van der Waals surface area (Å²) in [6, 6.07) is 0.192. The van der Waals surface area contributed by atoms with Gasteiger partial charge in [0.25, 0.3) is 0 Å². The fourth-order valence-corrected chi connectivity index (χ4v) is 1.78. The summed E-state index contributed by atoms with van der Waals surface area (Å²) in [7, 11) is 1.68. The normalized spacial score (nSPS) is 19.2. The van der Waals surface area contributed by atoms with E-state index in [0.29, 0.717) is 13.0 Å². The molecule has 4 heteroatoms. The van der Waals surface area contributed by atoms with E-state index in [1.54, 1.807) is 7.11 Å². The number of rotatable bonds is 5. The predicted octanol–water partition coefficient (Wildman–Crippen LogP) is 0.946. The van der Waals surface area contributed by atoms with Crippen molar-refractivity contribution in [3.05, 3.63) is 0 Å². The zero-order valence-corrected chi connectivity index (χ0v) is 9.54. The van der Waals surface area contributed by atoms with Gasteiger partial charge in [0.05, 0.1) is 18.5 Å². The highest BCUT2D eigenvalue weighted by Crippen LogP contribution is 2.07. The lowest BCUT2D eigenvalue weighted by molar-refractivity contribution is 0.156. The first kappa shape index (κ1) is 12.5. The fourth-order valence-electron chi connectivity index (χ4n) is 1.78. The molecule has 0 fully saturated rings. The second kappa shape index (κ2) is 7.65. The van der Waals surface area contributed by atoms with E-state index in [4.69, 9.17) is 9.84 Å². The van der Waals surface area contributed by atoms with Gasteiger partial charge < -0.3 is 15.2 Å². The number of nitrogens with zero attached hydrogens (tertiary/aromatic N) is 1. The Balaban J connectivity index is 2.37. The van der Waals surface area contributed by atoms with Crippen molar-refractivity contribution in [3.8, 4) is 0 Å². The second-order valence-electron chi connectivity index (χ2n) is 3.95. The molecular formula is C11H22N2O2. The van der Waals surface area contributed by atoms with Crippen molar-refractivity contribution in [3.63, 3.8) is 0 Å². The van der Waals surface area contributed by atoms with Crippen molar-refractivity contribution in [1.29, 1.82) is 0 Å². The van der Waals surface area contributed by atoms with Gasteiger partial charge in [0.1, 0.15) is 0 Å². The van der Waals surface area contributed by atoms with Gasteiger partial charge in [0.2, 0.25) is 0 Å². The number of hydrogen-bond acceptors (Lipinski definition) is 4.